The van der Waals surface area contributed by atoms with Gasteiger partial charge in [0, 0.05) is 21.7 Å². The molecule has 0 aliphatic carbocycles. The van der Waals surface area contributed by atoms with Crippen LogP contribution in [0.25, 0.3) is 0 Å². The van der Waals surface area contributed by atoms with Crippen molar-refractivity contribution in [1.29, 1.82) is 0 Å². The molecule has 0 amide bonds. The Morgan fingerprint density at radius 3 is 1.91 bits per heavy atom. The van der Waals surface area contributed by atoms with Crippen LogP contribution in [0, 0.1) is 6.08 Å². The summed E-state index contributed by atoms with van der Waals surface area (Å²) in [5, 5.41) is 0. The first kappa shape index (κ1) is 13.8. The van der Waals surface area contributed by atoms with E-state index in [-0.39, 0.29) is 21.7 Å². The fourth-order valence-corrected chi connectivity index (χ4v) is 0.773. The predicted octanol–water partition coefficient (Wildman–Crippen LogP) is 3.50. The zero-order valence-corrected chi connectivity index (χ0v) is 9.77. The van der Waals surface area contributed by atoms with Gasteiger partial charge in [0.25, 0.3) is 0 Å². The minimum atomic E-state index is 0. The second-order valence-electron chi connectivity index (χ2n) is 2.63. The molecule has 0 aromatic rings. The number of hydrogen-bond acceptors (Lipinski definition) is 0. The first-order valence-electron chi connectivity index (χ1n) is 3.81. The Labute approximate surface area is 85.7 Å². The van der Waals surface area contributed by atoms with Crippen molar-refractivity contribution >= 4 is 0 Å². The molecule has 0 spiro atoms. The van der Waals surface area contributed by atoms with Crippen LogP contribution in [0.1, 0.15) is 41.0 Å². The summed E-state index contributed by atoms with van der Waals surface area (Å²) in [4.78, 5) is 0. The van der Waals surface area contributed by atoms with Crippen LogP contribution in [0.5, 0.6) is 0 Å². The van der Waals surface area contributed by atoms with E-state index in [1.54, 1.807) is 0 Å². The molecule has 0 N–H and O–H groups in total. The zero-order valence-electron chi connectivity index (χ0n) is 8.21. The van der Waals surface area contributed by atoms with Gasteiger partial charge in [-0.05, 0) is 0 Å². The molecule has 0 nitrogen and oxygen atoms in total. The van der Waals surface area contributed by atoms with Crippen LogP contribution in [-0.2, 0) is 21.7 Å². The smallest absolute Gasteiger partial charge is 0 e. The third-order valence-electron chi connectivity index (χ3n) is 2.11. The Bertz CT molecular complexity index is 164. The van der Waals surface area contributed by atoms with E-state index >= 15 is 0 Å². The number of hydrogen-bond donors (Lipinski definition) is 0. The van der Waals surface area contributed by atoms with E-state index in [0.717, 1.165) is 6.42 Å². The minimum Gasteiger partial charge on any atom is -0.275 e. The van der Waals surface area contributed by atoms with Crippen LogP contribution in [0.2, 0.25) is 0 Å². The Kier molecular flexibility index (Phi) is 8.60. The standard InChI is InChI=1S/C10H17.Ti/c1-6-8(3)10(5)9(4)7-2;/h6H2,1-5H3;/q-1;. The quantitative estimate of drug-likeness (QED) is 0.351. The first-order valence-corrected chi connectivity index (χ1v) is 3.81. The second kappa shape index (κ2) is 6.88. The van der Waals surface area contributed by atoms with E-state index in [1.165, 1.54) is 16.7 Å². The second-order valence-corrected chi connectivity index (χ2v) is 2.63. The molecule has 0 bridgehead atoms. The number of allylic oxidation sites excluding steroid dienone is 4. The van der Waals surface area contributed by atoms with Crippen LogP contribution in [0.4, 0.5) is 0 Å². The van der Waals surface area contributed by atoms with Crippen molar-refractivity contribution in [1.82, 2.24) is 0 Å². The molecule has 1 heteroatoms. The third kappa shape index (κ3) is 4.60. The summed E-state index contributed by atoms with van der Waals surface area (Å²) in [5.41, 5.74) is 4.14. The normalized spacial score (nSPS) is 13.7. The molecular weight excluding hydrogens is 168 g/mol. The van der Waals surface area contributed by atoms with Gasteiger partial charge in [0.05, 0.1) is 0 Å². The Balaban J connectivity index is 0. The molecule has 0 saturated heterocycles. The van der Waals surface area contributed by atoms with Gasteiger partial charge in [0.15, 0.2) is 0 Å². The molecule has 0 aromatic heterocycles. The van der Waals surface area contributed by atoms with Gasteiger partial charge in [-0.1, -0.05) is 27.2 Å². The Morgan fingerprint density at radius 2 is 1.64 bits per heavy atom. The van der Waals surface area contributed by atoms with Crippen LogP contribution in [-0.4, -0.2) is 0 Å². The molecule has 11 heavy (non-hydrogen) atoms. The van der Waals surface area contributed by atoms with Crippen LogP contribution < -0.4 is 0 Å². The summed E-state index contributed by atoms with van der Waals surface area (Å²) < 4.78 is 0. The summed E-state index contributed by atoms with van der Waals surface area (Å²) >= 11 is 0. The molecule has 0 heterocycles. The topological polar surface area (TPSA) is 0 Å². The molecular formula is C10H17Ti-. The van der Waals surface area contributed by atoms with Crippen molar-refractivity contribution in [3.8, 4) is 0 Å². The molecule has 0 atom stereocenters. The van der Waals surface area contributed by atoms with Crippen molar-refractivity contribution in [2.75, 3.05) is 0 Å². The Morgan fingerprint density at radius 1 is 1.18 bits per heavy atom. The van der Waals surface area contributed by atoms with Gasteiger partial charge in [-0.3, -0.25) is 6.08 Å². The van der Waals surface area contributed by atoms with Crippen LogP contribution in [0.3, 0.4) is 0 Å². The van der Waals surface area contributed by atoms with Crippen molar-refractivity contribution < 1.29 is 21.7 Å². The van der Waals surface area contributed by atoms with Crippen LogP contribution in [0.15, 0.2) is 16.7 Å². The molecule has 0 fully saturated rings. The van der Waals surface area contributed by atoms with Crippen molar-refractivity contribution in [3.63, 3.8) is 0 Å². The maximum atomic E-state index is 3.14. The van der Waals surface area contributed by atoms with Gasteiger partial charge in [-0.2, -0.15) is 11.1 Å². The molecule has 0 saturated carbocycles. The SMILES string of the molecule is C[C-]=C(C)C(C)=C(C)CC.[Ti]. The predicted molar refractivity (Wildman–Crippen MR) is 46.8 cm³/mol. The first-order chi connectivity index (χ1) is 4.63. The average molecular weight is 185 g/mol. The van der Waals surface area contributed by atoms with E-state index in [9.17, 15) is 0 Å². The summed E-state index contributed by atoms with van der Waals surface area (Å²) in [5.74, 6) is 0. The molecule has 0 aromatic carbocycles. The maximum Gasteiger partial charge on any atom is 0 e. The van der Waals surface area contributed by atoms with Gasteiger partial charge < -0.3 is 0 Å². The van der Waals surface area contributed by atoms with Crippen molar-refractivity contribution in [2.45, 2.75) is 41.0 Å². The number of rotatable bonds is 2. The summed E-state index contributed by atoms with van der Waals surface area (Å²) in [6.07, 6.45) is 4.28. The molecule has 0 aliphatic heterocycles. The minimum absolute atomic E-state index is 0. The van der Waals surface area contributed by atoms with E-state index in [2.05, 4.69) is 33.8 Å². The monoisotopic (exact) mass is 185 g/mol. The molecule has 0 radical (unpaired) electrons. The van der Waals surface area contributed by atoms with Crippen molar-refractivity contribution in [2.24, 2.45) is 0 Å². The largest absolute Gasteiger partial charge is 0.275 e. The summed E-state index contributed by atoms with van der Waals surface area (Å²) in [6, 6.07) is 0. The summed E-state index contributed by atoms with van der Waals surface area (Å²) in [7, 11) is 0. The maximum absolute atomic E-state index is 3.14. The van der Waals surface area contributed by atoms with Gasteiger partial charge >= 0.3 is 0 Å². The Hall–Kier alpha value is 0.194. The molecule has 0 unspecified atom stereocenters. The molecule has 62 valence electrons. The van der Waals surface area contributed by atoms with E-state index in [0.29, 0.717) is 0 Å². The van der Waals surface area contributed by atoms with Gasteiger partial charge in [-0.15, -0.1) is 13.8 Å². The third-order valence-corrected chi connectivity index (χ3v) is 2.11. The summed E-state index contributed by atoms with van der Waals surface area (Å²) in [6.45, 7) is 10.6. The molecule has 0 aliphatic rings. The zero-order chi connectivity index (χ0) is 8.15. The fraction of sp³-hybridized carbons (Fsp3) is 0.600. The fourth-order valence-electron chi connectivity index (χ4n) is 0.773. The van der Waals surface area contributed by atoms with Gasteiger partial charge in [0.1, 0.15) is 0 Å². The average Bonchev–Trinajstić information content (AvgIpc) is 2.00. The van der Waals surface area contributed by atoms with Gasteiger partial charge in [0.2, 0.25) is 0 Å². The van der Waals surface area contributed by atoms with Crippen LogP contribution >= 0.6 is 0 Å². The van der Waals surface area contributed by atoms with Gasteiger partial charge in [-0.25, -0.2) is 5.57 Å². The molecule has 0 rings (SSSR count). The van der Waals surface area contributed by atoms with Crippen molar-refractivity contribution in [3.05, 3.63) is 22.8 Å². The van der Waals surface area contributed by atoms with E-state index < -0.39 is 0 Å². The van der Waals surface area contributed by atoms with E-state index in [1.807, 2.05) is 6.92 Å². The van der Waals surface area contributed by atoms with E-state index in [4.69, 9.17) is 0 Å².